The number of hydrogen-bond acceptors (Lipinski definition) is 5. The number of ether oxygens (including phenoxy) is 2. The molecule has 0 saturated carbocycles. The van der Waals surface area contributed by atoms with Crippen LogP contribution in [0.15, 0.2) is 59.7 Å². The number of nitrogens with zero attached hydrogens (tertiary/aromatic N) is 1. The summed E-state index contributed by atoms with van der Waals surface area (Å²) in [6.07, 6.45) is 0.622. The van der Waals surface area contributed by atoms with E-state index in [1.54, 1.807) is 48.5 Å². The van der Waals surface area contributed by atoms with E-state index in [9.17, 15) is 9.59 Å². The second kappa shape index (κ2) is 7.58. The summed E-state index contributed by atoms with van der Waals surface area (Å²) in [6, 6.07) is 15.3. The smallest absolute Gasteiger partial charge is 0.433 e. The van der Waals surface area contributed by atoms with Gasteiger partial charge >= 0.3 is 12.1 Å². The van der Waals surface area contributed by atoms with Crippen LogP contribution in [0.4, 0.5) is 4.79 Å². The number of para-hydroxylation sites is 1. The third-order valence-corrected chi connectivity index (χ3v) is 2.68. The molecule has 22 heavy (non-hydrogen) atoms. The molecule has 0 radical (unpaired) electrons. The van der Waals surface area contributed by atoms with Gasteiger partial charge in [-0.05, 0) is 18.2 Å². The van der Waals surface area contributed by atoms with Crippen molar-refractivity contribution >= 4 is 18.3 Å². The Labute approximate surface area is 127 Å². The van der Waals surface area contributed by atoms with E-state index in [2.05, 4.69) is 15.3 Å². The van der Waals surface area contributed by atoms with Crippen molar-refractivity contribution in [2.75, 3.05) is 7.11 Å². The van der Waals surface area contributed by atoms with Crippen LogP contribution in [-0.2, 0) is 4.74 Å². The quantitative estimate of drug-likeness (QED) is 0.534. The van der Waals surface area contributed by atoms with Crippen LogP contribution < -0.4 is 10.2 Å². The molecule has 0 aliphatic carbocycles. The van der Waals surface area contributed by atoms with E-state index >= 15 is 0 Å². The van der Waals surface area contributed by atoms with Crippen LogP contribution in [0.5, 0.6) is 5.75 Å². The molecule has 0 saturated heterocycles. The van der Waals surface area contributed by atoms with Crippen molar-refractivity contribution in [2.24, 2.45) is 5.10 Å². The van der Waals surface area contributed by atoms with Gasteiger partial charge in [0.1, 0.15) is 5.75 Å². The number of rotatable bonds is 4. The predicted octanol–water partition coefficient (Wildman–Crippen LogP) is 2.60. The normalized spacial score (nSPS) is 10.2. The first-order valence-electron chi connectivity index (χ1n) is 6.44. The van der Waals surface area contributed by atoms with Gasteiger partial charge in [-0.15, -0.1) is 0 Å². The Kier molecular flexibility index (Phi) is 5.25. The molecule has 0 bridgehead atoms. The topological polar surface area (TPSA) is 77.0 Å². The molecule has 0 aromatic heterocycles. The van der Waals surface area contributed by atoms with Crippen molar-refractivity contribution in [1.29, 1.82) is 0 Å². The Morgan fingerprint density at radius 2 is 1.73 bits per heavy atom. The van der Waals surface area contributed by atoms with Crippen LogP contribution in [0.1, 0.15) is 15.9 Å². The fourth-order valence-electron chi connectivity index (χ4n) is 1.68. The summed E-state index contributed by atoms with van der Waals surface area (Å²) >= 11 is 0. The van der Waals surface area contributed by atoms with Crippen molar-refractivity contribution in [3.05, 3.63) is 65.7 Å². The Morgan fingerprint density at radius 1 is 1.05 bits per heavy atom. The highest BCUT2D eigenvalue weighted by atomic mass is 16.6. The van der Waals surface area contributed by atoms with E-state index in [0.29, 0.717) is 16.9 Å². The lowest BCUT2D eigenvalue weighted by molar-refractivity contribution is 0.0600. The van der Waals surface area contributed by atoms with Gasteiger partial charge in [-0.1, -0.05) is 36.4 Å². The molecule has 2 rings (SSSR count). The molecule has 2 aromatic rings. The molecule has 6 heteroatoms. The van der Waals surface area contributed by atoms with Gasteiger partial charge in [0.2, 0.25) is 0 Å². The highest BCUT2D eigenvalue weighted by Crippen LogP contribution is 2.09. The van der Waals surface area contributed by atoms with E-state index in [1.807, 2.05) is 6.07 Å². The molecule has 6 nitrogen and oxygen atoms in total. The SMILES string of the molecule is COC(=O)c1ccccc1/C=N/NC(=O)Oc1ccccc1. The van der Waals surface area contributed by atoms with E-state index in [0.717, 1.165) is 0 Å². The van der Waals surface area contributed by atoms with Gasteiger partial charge in [-0.25, -0.2) is 15.0 Å². The number of hydrogen-bond donors (Lipinski definition) is 1. The van der Waals surface area contributed by atoms with Gasteiger partial charge in [0, 0.05) is 5.56 Å². The largest absolute Gasteiger partial charge is 0.465 e. The third kappa shape index (κ3) is 4.17. The minimum Gasteiger partial charge on any atom is -0.465 e. The number of carbonyl (C=O) groups is 2. The zero-order chi connectivity index (χ0) is 15.8. The number of nitrogens with one attached hydrogen (secondary N) is 1. The number of benzene rings is 2. The zero-order valence-electron chi connectivity index (χ0n) is 11.9. The van der Waals surface area contributed by atoms with Crippen LogP contribution in [0.25, 0.3) is 0 Å². The van der Waals surface area contributed by atoms with Crippen molar-refractivity contribution in [3.63, 3.8) is 0 Å². The summed E-state index contributed by atoms with van der Waals surface area (Å²) in [5.41, 5.74) is 3.10. The fourth-order valence-corrected chi connectivity index (χ4v) is 1.68. The first-order valence-corrected chi connectivity index (χ1v) is 6.44. The third-order valence-electron chi connectivity index (χ3n) is 2.68. The van der Waals surface area contributed by atoms with Gasteiger partial charge in [-0.2, -0.15) is 5.10 Å². The minimum absolute atomic E-state index is 0.354. The van der Waals surface area contributed by atoms with Crippen LogP contribution in [0, 0.1) is 0 Å². The Bertz CT molecular complexity index is 684. The maximum Gasteiger partial charge on any atom is 0.433 e. The molecular weight excluding hydrogens is 284 g/mol. The van der Waals surface area contributed by atoms with Gasteiger partial charge in [0.25, 0.3) is 0 Å². The van der Waals surface area contributed by atoms with E-state index < -0.39 is 12.1 Å². The summed E-state index contributed by atoms with van der Waals surface area (Å²) in [4.78, 5) is 23.1. The van der Waals surface area contributed by atoms with E-state index in [-0.39, 0.29) is 0 Å². The highest BCUT2D eigenvalue weighted by Gasteiger charge is 2.09. The summed E-state index contributed by atoms with van der Waals surface area (Å²) in [7, 11) is 1.30. The first kappa shape index (κ1) is 15.2. The molecule has 0 aliphatic rings. The summed E-state index contributed by atoms with van der Waals surface area (Å²) in [5.74, 6) is -0.0703. The van der Waals surface area contributed by atoms with Gasteiger partial charge in [-0.3, -0.25) is 0 Å². The van der Waals surface area contributed by atoms with Crippen molar-refractivity contribution < 1.29 is 19.1 Å². The fraction of sp³-hybridized carbons (Fsp3) is 0.0625. The number of amides is 1. The maximum atomic E-state index is 11.6. The minimum atomic E-state index is -0.724. The highest BCUT2D eigenvalue weighted by molar-refractivity contribution is 5.99. The van der Waals surface area contributed by atoms with Gasteiger partial charge < -0.3 is 9.47 Å². The molecule has 1 N–H and O–H groups in total. The maximum absolute atomic E-state index is 11.6. The van der Waals surface area contributed by atoms with Crippen LogP contribution in [0.2, 0.25) is 0 Å². The first-order chi connectivity index (χ1) is 10.7. The molecule has 0 aliphatic heterocycles. The lowest BCUT2D eigenvalue weighted by atomic mass is 10.1. The van der Waals surface area contributed by atoms with Crippen LogP contribution in [-0.4, -0.2) is 25.4 Å². The van der Waals surface area contributed by atoms with Gasteiger partial charge in [0.15, 0.2) is 0 Å². The summed E-state index contributed by atoms with van der Waals surface area (Å²) in [6.45, 7) is 0. The lowest BCUT2D eigenvalue weighted by Crippen LogP contribution is -2.22. The molecule has 0 unspecified atom stereocenters. The molecule has 1 amide bonds. The Morgan fingerprint density at radius 3 is 2.45 bits per heavy atom. The Hall–Kier alpha value is -3.15. The van der Waals surface area contributed by atoms with Crippen molar-refractivity contribution in [1.82, 2.24) is 5.43 Å². The molecule has 0 fully saturated rings. The van der Waals surface area contributed by atoms with E-state index in [4.69, 9.17) is 4.74 Å². The van der Waals surface area contributed by atoms with E-state index in [1.165, 1.54) is 13.3 Å². The second-order valence-corrected chi connectivity index (χ2v) is 4.15. The van der Waals surface area contributed by atoms with Crippen molar-refractivity contribution in [2.45, 2.75) is 0 Å². The standard InChI is InChI=1S/C16H14N2O4/c1-21-15(19)14-10-6-5-7-12(14)11-17-18-16(20)22-13-8-3-2-4-9-13/h2-11H,1H3,(H,18,20)/b17-11+. The lowest BCUT2D eigenvalue weighted by Gasteiger charge is -2.04. The summed E-state index contributed by atoms with van der Waals surface area (Å²) < 4.78 is 9.67. The number of carbonyl (C=O) groups excluding carboxylic acids is 2. The van der Waals surface area contributed by atoms with Gasteiger partial charge in [0.05, 0.1) is 18.9 Å². The summed E-state index contributed by atoms with van der Waals surface area (Å²) in [5, 5.41) is 3.76. The molecular formula is C16H14N2O4. The van der Waals surface area contributed by atoms with Crippen LogP contribution in [0.3, 0.4) is 0 Å². The molecule has 2 aromatic carbocycles. The monoisotopic (exact) mass is 298 g/mol. The molecule has 0 atom stereocenters. The Balaban J connectivity index is 1.98. The average Bonchev–Trinajstić information content (AvgIpc) is 2.55. The molecule has 0 spiro atoms. The zero-order valence-corrected chi connectivity index (χ0v) is 11.9. The number of esters is 1. The molecule has 0 heterocycles. The predicted molar refractivity (Wildman–Crippen MR) is 81.0 cm³/mol. The molecule has 112 valence electrons. The number of methoxy groups -OCH3 is 1. The second-order valence-electron chi connectivity index (χ2n) is 4.15. The number of hydrazone groups is 1. The van der Waals surface area contributed by atoms with Crippen molar-refractivity contribution in [3.8, 4) is 5.75 Å². The average molecular weight is 298 g/mol. The van der Waals surface area contributed by atoms with Crippen LogP contribution >= 0.6 is 0 Å².